The molecule has 0 unspecified atom stereocenters. The first-order valence-electron chi connectivity index (χ1n) is 6.61. The van der Waals surface area contributed by atoms with Crippen molar-refractivity contribution in [3.05, 3.63) is 59.7 Å². The van der Waals surface area contributed by atoms with Crippen molar-refractivity contribution >= 4 is 46.2 Å². The Hall–Kier alpha value is -1.92. The summed E-state index contributed by atoms with van der Waals surface area (Å²) in [4.78, 5) is 22.5. The number of hydrogen-bond acceptors (Lipinski definition) is 4. The summed E-state index contributed by atoms with van der Waals surface area (Å²) in [5, 5.41) is 0. The third-order valence-electron chi connectivity index (χ3n) is 2.96. The summed E-state index contributed by atoms with van der Waals surface area (Å²) in [5.74, 6) is 0. The van der Waals surface area contributed by atoms with Crippen LogP contribution < -0.4 is 8.61 Å². The second-order valence-corrected chi connectivity index (χ2v) is 6.66. The number of benzene rings is 2. The molecule has 4 nitrogen and oxygen atoms in total. The number of amides is 2. The van der Waals surface area contributed by atoms with Crippen molar-refractivity contribution in [2.24, 2.45) is 0 Å². The number of hydrogen-bond donors (Lipinski definition) is 0. The number of rotatable bonds is 7. The highest BCUT2D eigenvalue weighted by Crippen LogP contribution is 2.35. The lowest BCUT2D eigenvalue weighted by Gasteiger charge is -2.20. The van der Waals surface area contributed by atoms with Crippen molar-refractivity contribution in [1.29, 1.82) is 0 Å². The van der Waals surface area contributed by atoms with E-state index in [4.69, 9.17) is 0 Å². The van der Waals surface area contributed by atoms with Gasteiger partial charge >= 0.3 is 0 Å². The van der Waals surface area contributed by atoms with E-state index in [1.165, 1.54) is 30.6 Å². The maximum Gasteiger partial charge on any atom is 0.224 e. The van der Waals surface area contributed by atoms with Crippen LogP contribution in [0.4, 0.5) is 11.4 Å². The fourth-order valence-electron chi connectivity index (χ4n) is 1.70. The average molecular weight is 332 g/mol. The molecule has 0 heterocycles. The van der Waals surface area contributed by atoms with E-state index >= 15 is 0 Å². The van der Waals surface area contributed by atoms with Crippen LogP contribution in [0.3, 0.4) is 0 Å². The number of carbonyl (C=O) groups excluding carboxylic acids is 2. The molecule has 0 spiro atoms. The molecular weight excluding hydrogens is 316 g/mol. The molecule has 0 bridgehead atoms. The Labute approximate surface area is 138 Å². The minimum atomic E-state index is 0.737. The first-order chi connectivity index (χ1) is 10.6. The zero-order valence-electron chi connectivity index (χ0n) is 12.3. The van der Waals surface area contributed by atoms with Crippen LogP contribution in [0, 0.1) is 13.8 Å². The smallest absolute Gasteiger partial charge is 0.224 e. The third-order valence-corrected chi connectivity index (χ3v) is 5.11. The molecule has 0 aliphatic rings. The Morgan fingerprint density at radius 2 is 1.00 bits per heavy atom. The molecule has 0 aromatic heterocycles. The van der Waals surface area contributed by atoms with Crippen molar-refractivity contribution in [1.82, 2.24) is 0 Å². The van der Waals surface area contributed by atoms with E-state index in [1.54, 1.807) is 0 Å². The summed E-state index contributed by atoms with van der Waals surface area (Å²) in [7, 11) is 2.38. The SMILES string of the molecule is Cc1ccc(N(C=O)SSN(C=O)c2ccc(C)cc2)cc1. The molecule has 0 saturated heterocycles. The summed E-state index contributed by atoms with van der Waals surface area (Å²) in [6.45, 7) is 3.98. The molecule has 2 amide bonds. The van der Waals surface area contributed by atoms with Crippen molar-refractivity contribution in [3.8, 4) is 0 Å². The average Bonchev–Trinajstić information content (AvgIpc) is 2.54. The van der Waals surface area contributed by atoms with Crippen LogP contribution in [0.15, 0.2) is 48.5 Å². The first-order valence-corrected chi connectivity index (χ1v) is 8.67. The highest BCUT2D eigenvalue weighted by Gasteiger charge is 2.12. The van der Waals surface area contributed by atoms with Crippen LogP contribution in [0.5, 0.6) is 0 Å². The van der Waals surface area contributed by atoms with Crippen LogP contribution in [0.2, 0.25) is 0 Å². The molecule has 0 fully saturated rings. The summed E-state index contributed by atoms with van der Waals surface area (Å²) in [6, 6.07) is 15.2. The summed E-state index contributed by atoms with van der Waals surface area (Å²) < 4.78 is 2.96. The van der Waals surface area contributed by atoms with Crippen LogP contribution in [0.1, 0.15) is 11.1 Å². The van der Waals surface area contributed by atoms with Crippen LogP contribution in [-0.4, -0.2) is 12.8 Å². The molecule has 0 saturated carbocycles. The third kappa shape index (κ3) is 4.29. The molecule has 0 radical (unpaired) electrons. The predicted molar refractivity (Wildman–Crippen MR) is 94.6 cm³/mol. The molecule has 2 aromatic carbocycles. The quantitative estimate of drug-likeness (QED) is 0.434. The molecule has 114 valence electrons. The van der Waals surface area contributed by atoms with Crippen molar-refractivity contribution in [3.63, 3.8) is 0 Å². The molecule has 2 rings (SSSR count). The molecule has 0 aliphatic heterocycles. The van der Waals surface area contributed by atoms with Gasteiger partial charge in [0, 0.05) is 0 Å². The van der Waals surface area contributed by atoms with Gasteiger partial charge in [0.1, 0.15) is 0 Å². The van der Waals surface area contributed by atoms with E-state index in [0.29, 0.717) is 0 Å². The molecular formula is C16H16N2O2S2. The van der Waals surface area contributed by atoms with E-state index in [2.05, 4.69) is 0 Å². The Bertz CT molecular complexity index is 572. The summed E-state index contributed by atoms with van der Waals surface area (Å²) >= 11 is 0. The maximum atomic E-state index is 11.3. The van der Waals surface area contributed by atoms with E-state index in [9.17, 15) is 9.59 Å². The summed E-state index contributed by atoms with van der Waals surface area (Å²) in [6.07, 6.45) is 1.47. The fraction of sp³-hybridized carbons (Fsp3) is 0.125. The van der Waals surface area contributed by atoms with E-state index in [1.807, 2.05) is 62.4 Å². The normalized spacial score (nSPS) is 10.1. The zero-order chi connectivity index (χ0) is 15.9. The van der Waals surface area contributed by atoms with Crippen molar-refractivity contribution in [2.45, 2.75) is 13.8 Å². The minimum Gasteiger partial charge on any atom is -0.277 e. The monoisotopic (exact) mass is 332 g/mol. The molecule has 0 aliphatic carbocycles. The second kappa shape index (κ2) is 7.91. The minimum absolute atomic E-state index is 0.737. The van der Waals surface area contributed by atoms with E-state index in [0.717, 1.165) is 35.3 Å². The van der Waals surface area contributed by atoms with Gasteiger partial charge in [-0.25, -0.2) is 8.61 Å². The number of carbonyl (C=O) groups is 2. The standard InChI is InChI=1S/C16H16N2O2S2/c1-13-3-7-15(8-4-13)17(11-19)21-22-18(12-20)16-9-5-14(2)6-10-16/h3-12H,1-2H3. The van der Waals surface area contributed by atoms with Gasteiger partial charge in [0.05, 0.1) is 33.3 Å². The highest BCUT2D eigenvalue weighted by molar-refractivity contribution is 8.77. The van der Waals surface area contributed by atoms with Gasteiger partial charge in [-0.15, -0.1) is 0 Å². The second-order valence-electron chi connectivity index (χ2n) is 4.68. The molecule has 22 heavy (non-hydrogen) atoms. The topological polar surface area (TPSA) is 40.6 Å². The first kappa shape index (κ1) is 16.5. The van der Waals surface area contributed by atoms with Gasteiger partial charge < -0.3 is 0 Å². The lowest BCUT2D eigenvalue weighted by atomic mass is 10.2. The number of aryl methyl sites for hydroxylation is 2. The van der Waals surface area contributed by atoms with Crippen molar-refractivity contribution < 1.29 is 9.59 Å². The van der Waals surface area contributed by atoms with Crippen LogP contribution in [-0.2, 0) is 9.59 Å². The molecule has 0 atom stereocenters. The Morgan fingerprint density at radius 1 is 0.682 bits per heavy atom. The van der Waals surface area contributed by atoms with Gasteiger partial charge in [0.15, 0.2) is 0 Å². The Morgan fingerprint density at radius 3 is 1.27 bits per heavy atom. The predicted octanol–water partition coefficient (Wildman–Crippen LogP) is 4.14. The number of anilines is 2. The van der Waals surface area contributed by atoms with E-state index < -0.39 is 0 Å². The van der Waals surface area contributed by atoms with Crippen LogP contribution >= 0.6 is 22.0 Å². The van der Waals surface area contributed by atoms with Gasteiger partial charge in [0.25, 0.3) is 0 Å². The Balaban J connectivity index is 2.04. The van der Waals surface area contributed by atoms with Crippen molar-refractivity contribution in [2.75, 3.05) is 8.61 Å². The largest absolute Gasteiger partial charge is 0.277 e. The summed E-state index contributed by atoms with van der Waals surface area (Å²) in [5.41, 5.74) is 3.79. The van der Waals surface area contributed by atoms with E-state index in [-0.39, 0.29) is 0 Å². The van der Waals surface area contributed by atoms with Crippen LogP contribution in [0.25, 0.3) is 0 Å². The van der Waals surface area contributed by atoms with Gasteiger partial charge in [-0.1, -0.05) is 35.4 Å². The van der Waals surface area contributed by atoms with Gasteiger partial charge in [-0.05, 0) is 38.1 Å². The fourth-order valence-corrected chi connectivity index (χ4v) is 3.49. The van der Waals surface area contributed by atoms with Gasteiger partial charge in [0.2, 0.25) is 12.8 Å². The lowest BCUT2D eigenvalue weighted by molar-refractivity contribution is -0.107. The number of nitrogens with zero attached hydrogens (tertiary/aromatic N) is 2. The molecule has 2 aromatic rings. The molecule has 0 N–H and O–H groups in total. The van der Waals surface area contributed by atoms with Gasteiger partial charge in [-0.3, -0.25) is 9.59 Å². The maximum absolute atomic E-state index is 11.3. The zero-order valence-corrected chi connectivity index (χ0v) is 13.9. The lowest BCUT2D eigenvalue weighted by Crippen LogP contribution is -2.15. The van der Waals surface area contributed by atoms with Gasteiger partial charge in [-0.2, -0.15) is 0 Å². The Kier molecular flexibility index (Phi) is 5.91. The highest BCUT2D eigenvalue weighted by atomic mass is 33.1. The molecule has 6 heteroatoms.